The van der Waals surface area contributed by atoms with Gasteiger partial charge in [0.05, 0.1) is 6.61 Å². The highest BCUT2D eigenvalue weighted by Crippen LogP contribution is 2.32. The molecule has 2 atom stereocenters. The molecule has 0 spiro atoms. The van der Waals surface area contributed by atoms with Crippen molar-refractivity contribution in [3.8, 4) is 0 Å². The Morgan fingerprint density at radius 1 is 1.58 bits per heavy atom. The van der Waals surface area contributed by atoms with Crippen LogP contribution in [0, 0.1) is 0 Å². The van der Waals surface area contributed by atoms with Crippen LogP contribution in [0.2, 0.25) is 0 Å². The molecule has 1 heterocycles. The predicted octanol–water partition coefficient (Wildman–Crippen LogP) is 3.41. The first kappa shape index (κ1) is 14.7. The number of esters is 1. The summed E-state index contributed by atoms with van der Waals surface area (Å²) < 4.78 is 4.93. The maximum atomic E-state index is 11.5. The SMILES string of the molecule is CCOC(=O)c1csc(NC2CCC(SCC)C2)n1. The quantitative estimate of drug-likeness (QED) is 0.816. The van der Waals surface area contributed by atoms with Crippen molar-refractivity contribution < 1.29 is 9.53 Å². The highest BCUT2D eigenvalue weighted by atomic mass is 32.2. The predicted molar refractivity (Wildman–Crippen MR) is 81.3 cm³/mol. The number of nitrogens with zero attached hydrogens (tertiary/aromatic N) is 1. The molecule has 2 unspecified atom stereocenters. The molecule has 0 amide bonds. The van der Waals surface area contributed by atoms with Gasteiger partial charge in [-0.1, -0.05) is 6.92 Å². The van der Waals surface area contributed by atoms with E-state index < -0.39 is 0 Å². The van der Waals surface area contributed by atoms with Gasteiger partial charge in [0.25, 0.3) is 0 Å². The highest BCUT2D eigenvalue weighted by Gasteiger charge is 2.25. The molecular formula is C13H20N2O2S2. The fourth-order valence-corrected chi connectivity index (χ4v) is 4.17. The number of hydrogen-bond acceptors (Lipinski definition) is 6. The molecule has 1 aromatic heterocycles. The van der Waals surface area contributed by atoms with Gasteiger partial charge < -0.3 is 10.1 Å². The van der Waals surface area contributed by atoms with Crippen molar-refractivity contribution in [3.63, 3.8) is 0 Å². The summed E-state index contributed by atoms with van der Waals surface area (Å²) in [6.45, 7) is 4.39. The topological polar surface area (TPSA) is 51.2 Å². The smallest absolute Gasteiger partial charge is 0.357 e. The zero-order chi connectivity index (χ0) is 13.7. The molecule has 1 aliphatic carbocycles. The number of hydrogen-bond donors (Lipinski definition) is 1. The first-order chi connectivity index (χ1) is 9.22. The van der Waals surface area contributed by atoms with Gasteiger partial charge in [0, 0.05) is 16.7 Å². The zero-order valence-corrected chi connectivity index (χ0v) is 13.0. The number of carbonyl (C=O) groups is 1. The third kappa shape index (κ3) is 4.11. The Kier molecular flexibility index (Phi) is 5.51. The summed E-state index contributed by atoms with van der Waals surface area (Å²) in [6.07, 6.45) is 3.64. The minimum absolute atomic E-state index is 0.336. The van der Waals surface area contributed by atoms with Crippen LogP contribution in [0.1, 0.15) is 43.6 Å². The molecular weight excluding hydrogens is 280 g/mol. The van der Waals surface area contributed by atoms with Crippen LogP contribution in [0.3, 0.4) is 0 Å². The van der Waals surface area contributed by atoms with Crippen molar-refractivity contribution in [2.75, 3.05) is 17.7 Å². The molecule has 1 aromatic rings. The Balaban J connectivity index is 1.85. The number of thiazole rings is 1. The van der Waals surface area contributed by atoms with Gasteiger partial charge >= 0.3 is 5.97 Å². The Hall–Kier alpha value is -0.750. The van der Waals surface area contributed by atoms with E-state index in [1.165, 1.54) is 36.4 Å². The van der Waals surface area contributed by atoms with Crippen LogP contribution < -0.4 is 5.32 Å². The molecule has 1 aliphatic rings. The van der Waals surface area contributed by atoms with Crippen LogP contribution in [-0.4, -0.2) is 34.6 Å². The second-order valence-electron chi connectivity index (χ2n) is 4.49. The average molecular weight is 300 g/mol. The molecule has 19 heavy (non-hydrogen) atoms. The van der Waals surface area contributed by atoms with E-state index in [1.807, 2.05) is 11.8 Å². The number of nitrogens with one attached hydrogen (secondary N) is 1. The lowest BCUT2D eigenvalue weighted by atomic mass is 10.3. The van der Waals surface area contributed by atoms with Crippen LogP contribution in [-0.2, 0) is 4.74 Å². The molecule has 4 nitrogen and oxygen atoms in total. The minimum atomic E-state index is -0.336. The minimum Gasteiger partial charge on any atom is -0.461 e. The molecule has 1 N–H and O–H groups in total. The Bertz CT molecular complexity index is 423. The summed E-state index contributed by atoms with van der Waals surface area (Å²) in [6, 6.07) is 0.491. The van der Waals surface area contributed by atoms with Gasteiger partial charge in [-0.15, -0.1) is 11.3 Å². The third-order valence-corrected chi connectivity index (χ3v) is 5.11. The van der Waals surface area contributed by atoms with E-state index >= 15 is 0 Å². The van der Waals surface area contributed by atoms with Gasteiger partial charge in [-0.05, 0) is 31.9 Å². The van der Waals surface area contributed by atoms with Gasteiger partial charge in [0.1, 0.15) is 0 Å². The summed E-state index contributed by atoms with van der Waals surface area (Å²) in [5.41, 5.74) is 0.409. The summed E-state index contributed by atoms with van der Waals surface area (Å²) in [4.78, 5) is 15.8. The standard InChI is InChI=1S/C13H20N2O2S2/c1-3-17-12(16)11-8-19-13(15-11)14-9-5-6-10(7-9)18-4-2/h8-10H,3-7H2,1-2H3,(H,14,15). The molecule has 106 valence electrons. The van der Waals surface area contributed by atoms with Gasteiger partial charge in [0.2, 0.25) is 0 Å². The number of carbonyl (C=O) groups excluding carboxylic acids is 1. The summed E-state index contributed by atoms with van der Waals surface area (Å²) in [7, 11) is 0. The Labute approximate surface area is 122 Å². The van der Waals surface area contributed by atoms with Crippen molar-refractivity contribution in [3.05, 3.63) is 11.1 Å². The third-order valence-electron chi connectivity index (χ3n) is 3.10. The number of aromatic nitrogens is 1. The maximum Gasteiger partial charge on any atom is 0.357 e. The van der Waals surface area contributed by atoms with E-state index in [0.717, 1.165) is 10.4 Å². The number of rotatable bonds is 6. The van der Waals surface area contributed by atoms with Crippen molar-refractivity contribution in [2.45, 2.75) is 44.4 Å². The zero-order valence-electron chi connectivity index (χ0n) is 11.3. The molecule has 1 fully saturated rings. The Morgan fingerprint density at radius 2 is 2.42 bits per heavy atom. The van der Waals surface area contributed by atoms with Crippen molar-refractivity contribution >= 4 is 34.2 Å². The van der Waals surface area contributed by atoms with E-state index in [9.17, 15) is 4.79 Å². The fraction of sp³-hybridized carbons (Fsp3) is 0.692. The molecule has 0 bridgehead atoms. The second kappa shape index (κ2) is 7.14. The number of ether oxygens (including phenoxy) is 1. The van der Waals surface area contributed by atoms with Gasteiger partial charge in [-0.2, -0.15) is 11.8 Å². The van der Waals surface area contributed by atoms with Gasteiger partial charge in [-0.3, -0.25) is 0 Å². The lowest BCUT2D eigenvalue weighted by Crippen LogP contribution is -2.16. The first-order valence-corrected chi connectivity index (χ1v) is 8.66. The van der Waals surface area contributed by atoms with Crippen molar-refractivity contribution in [1.82, 2.24) is 4.98 Å². The summed E-state index contributed by atoms with van der Waals surface area (Å²) in [5.74, 6) is 0.847. The molecule has 0 radical (unpaired) electrons. The maximum absolute atomic E-state index is 11.5. The second-order valence-corrected chi connectivity index (χ2v) is 6.93. The van der Waals surface area contributed by atoms with Crippen molar-refractivity contribution in [2.24, 2.45) is 0 Å². The molecule has 0 saturated heterocycles. The van der Waals surface area contributed by atoms with E-state index in [2.05, 4.69) is 17.2 Å². The molecule has 6 heteroatoms. The number of anilines is 1. The normalized spacial score (nSPS) is 22.4. The molecule has 2 rings (SSSR count). The highest BCUT2D eigenvalue weighted by molar-refractivity contribution is 7.99. The average Bonchev–Trinajstić information content (AvgIpc) is 3.00. The van der Waals surface area contributed by atoms with Crippen LogP contribution in [0.5, 0.6) is 0 Å². The summed E-state index contributed by atoms with van der Waals surface area (Å²) >= 11 is 3.51. The number of thioether (sulfide) groups is 1. The lowest BCUT2D eigenvalue weighted by Gasteiger charge is -2.11. The van der Waals surface area contributed by atoms with E-state index in [4.69, 9.17) is 4.74 Å². The summed E-state index contributed by atoms with van der Waals surface area (Å²) in [5, 5.41) is 6.79. The van der Waals surface area contributed by atoms with Gasteiger partial charge in [-0.25, -0.2) is 9.78 Å². The van der Waals surface area contributed by atoms with Crippen LogP contribution in [0.15, 0.2) is 5.38 Å². The van der Waals surface area contributed by atoms with E-state index in [1.54, 1.807) is 12.3 Å². The van der Waals surface area contributed by atoms with Gasteiger partial charge in [0.15, 0.2) is 10.8 Å². The molecule has 1 saturated carbocycles. The monoisotopic (exact) mass is 300 g/mol. The van der Waals surface area contributed by atoms with Crippen molar-refractivity contribution in [1.29, 1.82) is 0 Å². The van der Waals surface area contributed by atoms with Crippen LogP contribution >= 0.6 is 23.1 Å². The fourth-order valence-electron chi connectivity index (χ4n) is 2.27. The largest absolute Gasteiger partial charge is 0.461 e. The van der Waals surface area contributed by atoms with Crippen LogP contribution in [0.25, 0.3) is 0 Å². The van der Waals surface area contributed by atoms with Crippen LogP contribution in [0.4, 0.5) is 5.13 Å². The van der Waals surface area contributed by atoms with E-state index in [-0.39, 0.29) is 5.97 Å². The lowest BCUT2D eigenvalue weighted by molar-refractivity contribution is 0.0520. The molecule has 0 aromatic carbocycles. The van der Waals surface area contributed by atoms with E-state index in [0.29, 0.717) is 18.3 Å². The molecule has 0 aliphatic heterocycles. The Morgan fingerprint density at radius 3 is 3.16 bits per heavy atom. The first-order valence-electron chi connectivity index (χ1n) is 6.73.